The number of nitrogens with zero attached hydrogens (tertiary/aromatic N) is 1. The summed E-state index contributed by atoms with van der Waals surface area (Å²) in [5, 5.41) is 9.16. The number of hydrogen-bond donors (Lipinski definition) is 4. The first-order valence-electron chi connectivity index (χ1n) is 15.7. The molecule has 0 saturated carbocycles. The average Bonchev–Trinajstić information content (AvgIpc) is 3.68. The van der Waals surface area contributed by atoms with Gasteiger partial charge in [0.15, 0.2) is 0 Å². The lowest BCUT2D eigenvalue weighted by molar-refractivity contribution is -0.138. The Kier molecular flexibility index (Phi) is 9.75. The number of nitrogens with one attached hydrogen (secondary N) is 4. The predicted molar refractivity (Wildman–Crippen MR) is 179 cm³/mol. The van der Waals surface area contributed by atoms with Crippen LogP contribution in [0.3, 0.4) is 0 Å². The van der Waals surface area contributed by atoms with E-state index in [1.165, 1.54) is 0 Å². The van der Waals surface area contributed by atoms with Crippen molar-refractivity contribution in [2.75, 3.05) is 23.7 Å². The van der Waals surface area contributed by atoms with E-state index in [-0.39, 0.29) is 30.2 Å². The van der Waals surface area contributed by atoms with Crippen molar-refractivity contribution in [3.8, 4) is 11.3 Å². The molecule has 1 aliphatic heterocycles. The van der Waals surface area contributed by atoms with Gasteiger partial charge in [-0.25, -0.2) is 4.79 Å². The van der Waals surface area contributed by atoms with E-state index < -0.39 is 17.7 Å². The first kappa shape index (κ1) is 32.3. The molecule has 1 aromatic heterocycles. The molecule has 2 heterocycles. The summed E-state index contributed by atoms with van der Waals surface area (Å²) in [5.41, 5.74) is 4.28. The lowest BCUT2D eigenvalue weighted by Crippen LogP contribution is -2.45. The Labute approximate surface area is 268 Å². The standard InChI is InChI=1S/C36H41N5O5/c1-5-28(23-10-7-6-8-11-23)34(44)41-19-9-12-31(41)33(43)39-27-17-18-29-25(20-27)21-30(40-29)24-13-15-26(16-14-24)38-32(42)22-37-35(45)46-36(2,3)4/h6-8,10-11,13-18,20-21,28,31,40H,5,9,12,19,22H2,1-4H3,(H,37,45)(H,38,42)(H,39,43)/t28-,31+/m1/s1. The molecule has 0 spiro atoms. The summed E-state index contributed by atoms with van der Waals surface area (Å²) in [4.78, 5) is 56.1. The van der Waals surface area contributed by atoms with Crippen LogP contribution < -0.4 is 16.0 Å². The van der Waals surface area contributed by atoms with Gasteiger partial charge in [0, 0.05) is 34.5 Å². The Morgan fingerprint density at radius 3 is 2.35 bits per heavy atom. The zero-order chi connectivity index (χ0) is 32.8. The van der Waals surface area contributed by atoms with E-state index in [4.69, 9.17) is 4.74 Å². The van der Waals surface area contributed by atoms with Crippen LogP contribution in [0.2, 0.25) is 0 Å². The summed E-state index contributed by atoms with van der Waals surface area (Å²) in [6.45, 7) is 7.62. The van der Waals surface area contributed by atoms with Crippen LogP contribution in [-0.4, -0.2) is 58.4 Å². The Morgan fingerprint density at radius 1 is 0.935 bits per heavy atom. The van der Waals surface area contributed by atoms with Gasteiger partial charge in [-0.2, -0.15) is 0 Å². The molecule has 0 unspecified atom stereocenters. The smallest absolute Gasteiger partial charge is 0.408 e. The van der Waals surface area contributed by atoms with Gasteiger partial charge in [0.25, 0.3) is 0 Å². The van der Waals surface area contributed by atoms with Gasteiger partial charge in [0.1, 0.15) is 18.2 Å². The number of benzene rings is 3. The maximum atomic E-state index is 13.5. The Balaban J connectivity index is 1.20. The van der Waals surface area contributed by atoms with Crippen molar-refractivity contribution < 1.29 is 23.9 Å². The van der Waals surface area contributed by atoms with Crippen LogP contribution in [0.15, 0.2) is 78.9 Å². The van der Waals surface area contributed by atoms with Crippen LogP contribution in [-0.2, 0) is 19.1 Å². The molecule has 4 aromatic rings. The molecular weight excluding hydrogens is 582 g/mol. The van der Waals surface area contributed by atoms with Crippen molar-refractivity contribution in [3.63, 3.8) is 0 Å². The van der Waals surface area contributed by atoms with E-state index in [0.717, 1.165) is 34.1 Å². The van der Waals surface area contributed by atoms with Gasteiger partial charge in [-0.05, 0) is 87.6 Å². The molecule has 240 valence electrons. The second kappa shape index (κ2) is 13.9. The molecule has 46 heavy (non-hydrogen) atoms. The lowest BCUT2D eigenvalue weighted by atomic mass is 9.94. The topological polar surface area (TPSA) is 133 Å². The van der Waals surface area contributed by atoms with Gasteiger partial charge in [0.2, 0.25) is 17.7 Å². The highest BCUT2D eigenvalue weighted by Crippen LogP contribution is 2.30. The Morgan fingerprint density at radius 2 is 1.65 bits per heavy atom. The Bertz CT molecular complexity index is 1710. The van der Waals surface area contributed by atoms with Crippen molar-refractivity contribution in [2.24, 2.45) is 0 Å². The van der Waals surface area contributed by atoms with Gasteiger partial charge in [0.05, 0.1) is 5.92 Å². The quantitative estimate of drug-likeness (QED) is 0.171. The number of carbonyl (C=O) groups is 4. The largest absolute Gasteiger partial charge is 0.444 e. The maximum absolute atomic E-state index is 13.5. The van der Waals surface area contributed by atoms with Crippen molar-refractivity contribution in [1.29, 1.82) is 0 Å². The van der Waals surface area contributed by atoms with E-state index in [1.807, 2.05) is 73.7 Å². The van der Waals surface area contributed by atoms with Crippen LogP contribution in [0.1, 0.15) is 58.4 Å². The third-order valence-corrected chi connectivity index (χ3v) is 7.91. The molecule has 2 atom stereocenters. The number of hydrogen-bond acceptors (Lipinski definition) is 5. The van der Waals surface area contributed by atoms with Crippen LogP contribution in [0, 0.1) is 0 Å². The van der Waals surface area contributed by atoms with Crippen molar-refractivity contribution in [1.82, 2.24) is 15.2 Å². The molecule has 0 radical (unpaired) electrons. The van der Waals surface area contributed by atoms with Crippen LogP contribution in [0.25, 0.3) is 22.2 Å². The van der Waals surface area contributed by atoms with E-state index >= 15 is 0 Å². The number of anilines is 2. The molecule has 3 aromatic carbocycles. The number of aromatic nitrogens is 1. The lowest BCUT2D eigenvalue weighted by Gasteiger charge is -2.28. The normalized spacial score (nSPS) is 15.3. The molecule has 10 heteroatoms. The minimum Gasteiger partial charge on any atom is -0.444 e. The Hall–Kier alpha value is -5.12. The highest BCUT2D eigenvalue weighted by Gasteiger charge is 2.37. The molecular formula is C36H41N5O5. The zero-order valence-corrected chi connectivity index (χ0v) is 26.7. The number of fused-ring (bicyclic) bond motifs is 1. The molecule has 10 nitrogen and oxygen atoms in total. The molecule has 5 rings (SSSR count). The average molecular weight is 624 g/mol. The van der Waals surface area contributed by atoms with Crippen molar-refractivity contribution >= 4 is 46.1 Å². The number of ether oxygens (including phenoxy) is 1. The maximum Gasteiger partial charge on any atom is 0.408 e. The van der Waals surface area contributed by atoms with Gasteiger partial charge in [-0.15, -0.1) is 0 Å². The first-order chi connectivity index (χ1) is 22.0. The summed E-state index contributed by atoms with van der Waals surface area (Å²) in [7, 11) is 0. The number of likely N-dealkylation sites (tertiary alicyclic amines) is 1. The number of aromatic amines is 1. The number of rotatable bonds is 9. The first-order valence-corrected chi connectivity index (χ1v) is 15.7. The summed E-state index contributed by atoms with van der Waals surface area (Å²) in [5.74, 6) is -0.816. The fourth-order valence-corrected chi connectivity index (χ4v) is 5.74. The fraction of sp³-hybridized carbons (Fsp3) is 0.333. The van der Waals surface area contributed by atoms with Gasteiger partial charge >= 0.3 is 6.09 Å². The third kappa shape index (κ3) is 7.93. The van der Waals surface area contributed by atoms with Gasteiger partial charge in [-0.1, -0.05) is 49.4 Å². The van der Waals surface area contributed by atoms with Gasteiger partial charge in [-0.3, -0.25) is 14.4 Å². The number of alkyl carbamates (subject to hydrolysis) is 1. The fourth-order valence-electron chi connectivity index (χ4n) is 5.74. The van der Waals surface area contributed by atoms with Crippen LogP contribution in [0.4, 0.5) is 16.2 Å². The SMILES string of the molecule is CC[C@@H](C(=O)N1CCC[C@H]1C(=O)Nc1ccc2[nH]c(-c3ccc(NC(=O)CNC(=O)OC(C)(C)C)cc3)cc2c1)c1ccccc1. The number of amides is 4. The molecule has 1 aliphatic rings. The summed E-state index contributed by atoms with van der Waals surface area (Å²) < 4.78 is 5.15. The van der Waals surface area contributed by atoms with Crippen LogP contribution in [0.5, 0.6) is 0 Å². The molecule has 0 aliphatic carbocycles. The highest BCUT2D eigenvalue weighted by molar-refractivity contribution is 6.00. The number of H-pyrrole nitrogens is 1. The van der Waals surface area contributed by atoms with E-state index in [1.54, 1.807) is 37.8 Å². The third-order valence-electron chi connectivity index (χ3n) is 7.91. The minimum atomic E-state index is -0.654. The summed E-state index contributed by atoms with van der Waals surface area (Å²) >= 11 is 0. The van der Waals surface area contributed by atoms with E-state index in [2.05, 4.69) is 20.9 Å². The summed E-state index contributed by atoms with van der Waals surface area (Å²) in [6.07, 6.45) is 1.45. The van der Waals surface area contributed by atoms with Crippen molar-refractivity contribution in [2.45, 2.75) is 64.5 Å². The highest BCUT2D eigenvalue weighted by atomic mass is 16.6. The predicted octanol–water partition coefficient (Wildman–Crippen LogP) is 6.42. The monoisotopic (exact) mass is 623 g/mol. The van der Waals surface area contributed by atoms with Crippen LogP contribution >= 0.6 is 0 Å². The second-order valence-electron chi connectivity index (χ2n) is 12.5. The minimum absolute atomic E-state index is 0.000120. The molecule has 1 fully saturated rings. The summed E-state index contributed by atoms with van der Waals surface area (Å²) in [6, 6.07) is 24.3. The molecule has 1 saturated heterocycles. The van der Waals surface area contributed by atoms with Crippen molar-refractivity contribution in [3.05, 3.63) is 84.4 Å². The van der Waals surface area contributed by atoms with E-state index in [9.17, 15) is 19.2 Å². The van der Waals surface area contributed by atoms with Gasteiger partial charge < -0.3 is 30.6 Å². The molecule has 4 N–H and O–H groups in total. The second-order valence-corrected chi connectivity index (χ2v) is 12.5. The molecule has 4 amide bonds. The van der Waals surface area contributed by atoms with E-state index in [0.29, 0.717) is 30.8 Å². The molecule has 0 bridgehead atoms. The number of carbonyl (C=O) groups excluding carboxylic acids is 4. The zero-order valence-electron chi connectivity index (χ0n) is 26.7.